The zero-order chi connectivity index (χ0) is 16.2. The second-order valence-corrected chi connectivity index (χ2v) is 6.23. The van der Waals surface area contributed by atoms with Crippen LogP contribution in [0.1, 0.15) is 13.3 Å². The van der Waals surface area contributed by atoms with Gasteiger partial charge in [0.1, 0.15) is 6.54 Å². The summed E-state index contributed by atoms with van der Waals surface area (Å²) in [7, 11) is 0. The molecule has 0 radical (unpaired) electrons. The Morgan fingerprint density at radius 2 is 2.17 bits per heavy atom. The standard InChI is InChI=1S/C15H19ClN6O.ClH/c1-10-8-17-7-6-13(10)18-14(23)9-22-20-15(19-21-22)11-2-4-12(16)5-3-11;/h2-5,10,13,17H,6-9H2,1H3,(H,18,23);1H. The predicted molar refractivity (Wildman–Crippen MR) is 94.1 cm³/mol. The fourth-order valence-corrected chi connectivity index (χ4v) is 2.76. The van der Waals surface area contributed by atoms with E-state index in [-0.39, 0.29) is 30.9 Å². The Kier molecular flexibility index (Phi) is 6.53. The van der Waals surface area contributed by atoms with Crippen LogP contribution >= 0.6 is 24.0 Å². The number of nitrogens with zero attached hydrogens (tertiary/aromatic N) is 4. The van der Waals surface area contributed by atoms with Crippen LogP contribution in [0.2, 0.25) is 5.02 Å². The SMILES string of the molecule is CC1CNCCC1NC(=O)Cn1nnc(-c2ccc(Cl)cc2)n1.Cl. The summed E-state index contributed by atoms with van der Waals surface area (Å²) < 4.78 is 0. The first kappa shape index (κ1) is 18.6. The molecule has 1 saturated heterocycles. The number of amides is 1. The van der Waals surface area contributed by atoms with E-state index in [1.807, 2.05) is 12.1 Å². The number of carbonyl (C=O) groups excluding carboxylic acids is 1. The lowest BCUT2D eigenvalue weighted by atomic mass is 9.95. The van der Waals surface area contributed by atoms with Crippen LogP contribution in [-0.2, 0) is 11.3 Å². The van der Waals surface area contributed by atoms with E-state index in [0.717, 1.165) is 25.1 Å². The van der Waals surface area contributed by atoms with E-state index < -0.39 is 0 Å². The van der Waals surface area contributed by atoms with Crippen LogP contribution in [0.3, 0.4) is 0 Å². The first-order valence-electron chi connectivity index (χ1n) is 7.65. The van der Waals surface area contributed by atoms with Gasteiger partial charge in [-0.1, -0.05) is 18.5 Å². The lowest BCUT2D eigenvalue weighted by Gasteiger charge is -2.30. The summed E-state index contributed by atoms with van der Waals surface area (Å²) in [5.74, 6) is 0.801. The van der Waals surface area contributed by atoms with Gasteiger partial charge in [-0.3, -0.25) is 4.79 Å². The molecule has 3 rings (SSSR count). The van der Waals surface area contributed by atoms with Crippen LogP contribution in [0, 0.1) is 5.92 Å². The van der Waals surface area contributed by atoms with Gasteiger partial charge in [0.25, 0.3) is 0 Å². The van der Waals surface area contributed by atoms with Gasteiger partial charge in [0.15, 0.2) is 0 Å². The van der Waals surface area contributed by atoms with Gasteiger partial charge < -0.3 is 10.6 Å². The molecule has 0 saturated carbocycles. The normalized spacial score (nSPS) is 20.2. The summed E-state index contributed by atoms with van der Waals surface area (Å²) in [4.78, 5) is 13.4. The monoisotopic (exact) mass is 370 g/mol. The number of carbonyl (C=O) groups is 1. The molecule has 0 aliphatic carbocycles. The predicted octanol–water partition coefficient (Wildman–Crippen LogP) is 1.53. The van der Waals surface area contributed by atoms with Crippen molar-refractivity contribution in [1.82, 2.24) is 30.8 Å². The highest BCUT2D eigenvalue weighted by Gasteiger charge is 2.22. The summed E-state index contributed by atoms with van der Waals surface area (Å²) in [6, 6.07) is 7.37. The highest BCUT2D eigenvalue weighted by molar-refractivity contribution is 6.30. The number of halogens is 2. The smallest absolute Gasteiger partial charge is 0.243 e. The first-order valence-corrected chi connectivity index (χ1v) is 8.03. The molecule has 7 nitrogen and oxygen atoms in total. The van der Waals surface area contributed by atoms with Crippen molar-refractivity contribution in [3.8, 4) is 11.4 Å². The lowest BCUT2D eigenvalue weighted by molar-refractivity contribution is -0.123. The van der Waals surface area contributed by atoms with Crippen molar-refractivity contribution in [2.24, 2.45) is 5.92 Å². The largest absolute Gasteiger partial charge is 0.351 e. The zero-order valence-corrected chi connectivity index (χ0v) is 14.8. The molecule has 1 aromatic carbocycles. The van der Waals surface area contributed by atoms with Gasteiger partial charge in [-0.15, -0.1) is 22.6 Å². The summed E-state index contributed by atoms with van der Waals surface area (Å²) in [5, 5.41) is 19.2. The number of hydrogen-bond acceptors (Lipinski definition) is 5. The maximum atomic E-state index is 12.1. The van der Waals surface area contributed by atoms with E-state index in [2.05, 4.69) is 33.0 Å². The summed E-state index contributed by atoms with van der Waals surface area (Å²) in [5.41, 5.74) is 0.813. The highest BCUT2D eigenvalue weighted by atomic mass is 35.5. The highest BCUT2D eigenvalue weighted by Crippen LogP contribution is 2.17. The molecule has 2 unspecified atom stereocenters. The first-order chi connectivity index (χ1) is 11.1. The van der Waals surface area contributed by atoms with Gasteiger partial charge in [-0.2, -0.15) is 4.80 Å². The van der Waals surface area contributed by atoms with E-state index in [4.69, 9.17) is 11.6 Å². The molecule has 2 atom stereocenters. The number of aromatic nitrogens is 4. The average molecular weight is 371 g/mol. The molecule has 0 spiro atoms. The number of tetrazole rings is 1. The van der Waals surface area contributed by atoms with E-state index >= 15 is 0 Å². The van der Waals surface area contributed by atoms with Crippen molar-refractivity contribution in [3.63, 3.8) is 0 Å². The number of hydrogen-bond donors (Lipinski definition) is 2. The van der Waals surface area contributed by atoms with E-state index in [1.54, 1.807) is 12.1 Å². The molecule has 1 amide bonds. The minimum absolute atomic E-state index is 0. The Hall–Kier alpha value is -1.70. The molecule has 2 aromatic rings. The summed E-state index contributed by atoms with van der Waals surface area (Å²) >= 11 is 5.86. The van der Waals surface area contributed by atoms with Crippen LogP contribution in [0.25, 0.3) is 11.4 Å². The molecule has 24 heavy (non-hydrogen) atoms. The zero-order valence-electron chi connectivity index (χ0n) is 13.3. The average Bonchev–Trinajstić information content (AvgIpc) is 2.98. The minimum atomic E-state index is -0.0937. The number of nitrogens with one attached hydrogen (secondary N) is 2. The molecule has 1 aromatic heterocycles. The molecule has 130 valence electrons. The third-order valence-corrected chi connectivity index (χ3v) is 4.22. The Labute approximate surface area is 151 Å². The van der Waals surface area contributed by atoms with Crippen LogP contribution in [0.15, 0.2) is 24.3 Å². The Bertz CT molecular complexity index is 675. The summed E-state index contributed by atoms with van der Waals surface area (Å²) in [6.07, 6.45) is 0.938. The topological polar surface area (TPSA) is 84.7 Å². The van der Waals surface area contributed by atoms with Gasteiger partial charge in [0.2, 0.25) is 11.7 Å². The molecule has 2 N–H and O–H groups in total. The molecule has 2 heterocycles. The molecular weight excluding hydrogens is 351 g/mol. The number of rotatable bonds is 4. The minimum Gasteiger partial charge on any atom is -0.351 e. The summed E-state index contributed by atoms with van der Waals surface area (Å²) in [6.45, 7) is 4.05. The van der Waals surface area contributed by atoms with Crippen molar-refractivity contribution in [3.05, 3.63) is 29.3 Å². The van der Waals surface area contributed by atoms with E-state index in [9.17, 15) is 4.79 Å². The van der Waals surface area contributed by atoms with E-state index in [0.29, 0.717) is 16.8 Å². The van der Waals surface area contributed by atoms with Gasteiger partial charge in [0, 0.05) is 16.6 Å². The van der Waals surface area contributed by atoms with Crippen molar-refractivity contribution >= 4 is 29.9 Å². The van der Waals surface area contributed by atoms with E-state index in [1.165, 1.54) is 4.80 Å². The molecule has 1 aliphatic rings. The van der Waals surface area contributed by atoms with Gasteiger partial charge in [0.05, 0.1) is 0 Å². The Morgan fingerprint density at radius 1 is 1.42 bits per heavy atom. The van der Waals surface area contributed by atoms with Crippen LogP contribution in [-0.4, -0.2) is 45.2 Å². The lowest BCUT2D eigenvalue weighted by Crippen LogP contribution is -2.49. The second-order valence-electron chi connectivity index (χ2n) is 5.79. The number of benzene rings is 1. The van der Waals surface area contributed by atoms with Crippen molar-refractivity contribution in [2.45, 2.75) is 25.9 Å². The van der Waals surface area contributed by atoms with Crippen molar-refractivity contribution in [2.75, 3.05) is 13.1 Å². The fraction of sp³-hybridized carbons (Fsp3) is 0.467. The van der Waals surface area contributed by atoms with Gasteiger partial charge in [-0.05, 0) is 54.9 Å². The second kappa shape index (κ2) is 8.41. The van der Waals surface area contributed by atoms with Crippen molar-refractivity contribution < 1.29 is 4.79 Å². The fourth-order valence-electron chi connectivity index (χ4n) is 2.63. The van der Waals surface area contributed by atoms with Crippen LogP contribution in [0.5, 0.6) is 0 Å². The molecular formula is C15H20Cl2N6O. The van der Waals surface area contributed by atoms with Gasteiger partial charge >= 0.3 is 0 Å². The quantitative estimate of drug-likeness (QED) is 0.852. The maximum absolute atomic E-state index is 12.1. The molecule has 1 aliphatic heterocycles. The van der Waals surface area contributed by atoms with Crippen LogP contribution in [0.4, 0.5) is 0 Å². The molecule has 0 bridgehead atoms. The Morgan fingerprint density at radius 3 is 2.88 bits per heavy atom. The molecule has 9 heteroatoms. The Balaban J connectivity index is 0.00000208. The molecule has 1 fully saturated rings. The third kappa shape index (κ3) is 4.66. The third-order valence-electron chi connectivity index (χ3n) is 3.97. The van der Waals surface area contributed by atoms with Crippen LogP contribution < -0.4 is 10.6 Å². The maximum Gasteiger partial charge on any atom is 0.243 e. The number of piperidine rings is 1. The van der Waals surface area contributed by atoms with Gasteiger partial charge in [-0.25, -0.2) is 0 Å². The van der Waals surface area contributed by atoms with Crippen molar-refractivity contribution in [1.29, 1.82) is 0 Å².